The van der Waals surface area contributed by atoms with Crippen molar-refractivity contribution < 1.29 is 4.74 Å². The van der Waals surface area contributed by atoms with Crippen molar-refractivity contribution in [1.29, 1.82) is 0 Å². The van der Waals surface area contributed by atoms with Crippen LogP contribution >= 0.6 is 0 Å². The third kappa shape index (κ3) is 3.44. The zero-order chi connectivity index (χ0) is 11.4. The first kappa shape index (κ1) is 12.3. The van der Waals surface area contributed by atoms with Gasteiger partial charge in [0.15, 0.2) is 0 Å². The second-order valence-corrected chi connectivity index (χ2v) is 5.68. The fourth-order valence-corrected chi connectivity index (χ4v) is 2.54. The van der Waals surface area contributed by atoms with Gasteiger partial charge in [0.1, 0.15) is 5.72 Å². The summed E-state index contributed by atoms with van der Waals surface area (Å²) in [5.74, 6) is 0.656. The van der Waals surface area contributed by atoms with Gasteiger partial charge < -0.3 is 9.64 Å². The maximum atomic E-state index is 5.93. The van der Waals surface area contributed by atoms with Gasteiger partial charge in [-0.1, -0.05) is 13.3 Å². The van der Waals surface area contributed by atoms with Crippen molar-refractivity contribution in [2.24, 2.45) is 5.92 Å². The van der Waals surface area contributed by atoms with Gasteiger partial charge in [0.2, 0.25) is 0 Å². The molecule has 2 heterocycles. The molecule has 2 unspecified atom stereocenters. The molecule has 3 nitrogen and oxygen atoms in total. The van der Waals surface area contributed by atoms with Crippen LogP contribution in [0.2, 0.25) is 0 Å². The minimum absolute atomic E-state index is 0.0794. The minimum Gasteiger partial charge on any atom is -0.361 e. The van der Waals surface area contributed by atoms with Crippen molar-refractivity contribution in [3.05, 3.63) is 0 Å². The van der Waals surface area contributed by atoms with Gasteiger partial charge in [0, 0.05) is 19.5 Å². The highest BCUT2D eigenvalue weighted by Crippen LogP contribution is 2.20. The molecule has 0 radical (unpaired) electrons. The molecule has 3 heteroatoms. The van der Waals surface area contributed by atoms with Crippen molar-refractivity contribution in [3.63, 3.8) is 0 Å². The Morgan fingerprint density at radius 1 is 1.31 bits per heavy atom. The first-order chi connectivity index (χ1) is 7.68. The number of likely N-dealkylation sites (tertiary alicyclic amines) is 1. The number of rotatable bonds is 3. The van der Waals surface area contributed by atoms with Crippen LogP contribution in [0.25, 0.3) is 0 Å². The molecule has 0 aromatic carbocycles. The van der Waals surface area contributed by atoms with Crippen molar-refractivity contribution in [2.45, 2.75) is 45.3 Å². The molecule has 1 N–H and O–H groups in total. The molecule has 2 rings (SSSR count). The lowest BCUT2D eigenvalue weighted by Crippen LogP contribution is -2.53. The molecule has 0 aliphatic carbocycles. The lowest BCUT2D eigenvalue weighted by molar-refractivity contribution is -0.108. The Hall–Kier alpha value is -0.120. The normalized spacial score (nSPS) is 37.5. The van der Waals surface area contributed by atoms with Gasteiger partial charge in [0.05, 0.1) is 6.61 Å². The van der Waals surface area contributed by atoms with Crippen molar-refractivity contribution in [1.82, 2.24) is 10.2 Å². The summed E-state index contributed by atoms with van der Waals surface area (Å²) in [6.45, 7) is 10.2. The second kappa shape index (κ2) is 5.48. The van der Waals surface area contributed by atoms with Gasteiger partial charge in [-0.05, 0) is 38.8 Å². The Labute approximate surface area is 99.5 Å². The average Bonchev–Trinajstić information content (AvgIpc) is 2.33. The standard InChI is InChI=1S/C13H26N2O/c1-12-10-14-13(2,16-11-12)6-9-15-7-4-3-5-8-15/h12,14H,3-11H2,1-2H3. The fourth-order valence-electron chi connectivity index (χ4n) is 2.54. The predicted octanol–water partition coefficient (Wildman–Crippen LogP) is 1.83. The highest BCUT2D eigenvalue weighted by molar-refractivity contribution is 4.80. The Morgan fingerprint density at radius 3 is 2.69 bits per heavy atom. The molecule has 2 aliphatic heterocycles. The highest BCUT2D eigenvalue weighted by atomic mass is 16.5. The Kier molecular flexibility index (Phi) is 4.22. The quantitative estimate of drug-likeness (QED) is 0.794. The first-order valence-electron chi connectivity index (χ1n) is 6.79. The molecule has 0 amide bonds. The van der Waals surface area contributed by atoms with Crippen molar-refractivity contribution >= 4 is 0 Å². The molecule has 16 heavy (non-hydrogen) atoms. The van der Waals surface area contributed by atoms with Crippen LogP contribution in [0.1, 0.15) is 39.5 Å². The van der Waals surface area contributed by atoms with E-state index in [1.807, 2.05) is 0 Å². The van der Waals surface area contributed by atoms with Gasteiger partial charge in [0.25, 0.3) is 0 Å². The third-order valence-electron chi connectivity index (χ3n) is 3.86. The Morgan fingerprint density at radius 2 is 2.06 bits per heavy atom. The van der Waals surface area contributed by atoms with E-state index in [1.165, 1.54) is 38.9 Å². The molecule has 2 atom stereocenters. The number of piperidine rings is 1. The molecule has 2 aliphatic rings. The molecule has 2 saturated heterocycles. The summed E-state index contributed by atoms with van der Waals surface area (Å²) in [5, 5.41) is 3.54. The van der Waals surface area contributed by atoms with E-state index in [2.05, 4.69) is 24.1 Å². The van der Waals surface area contributed by atoms with Gasteiger partial charge in [-0.2, -0.15) is 0 Å². The average molecular weight is 226 g/mol. The van der Waals surface area contributed by atoms with Crippen LogP contribution in [0.4, 0.5) is 0 Å². The van der Waals surface area contributed by atoms with E-state index in [0.29, 0.717) is 5.92 Å². The topological polar surface area (TPSA) is 24.5 Å². The van der Waals surface area contributed by atoms with E-state index >= 15 is 0 Å². The van der Waals surface area contributed by atoms with Crippen LogP contribution in [-0.2, 0) is 4.74 Å². The summed E-state index contributed by atoms with van der Waals surface area (Å²) in [5.41, 5.74) is -0.0794. The van der Waals surface area contributed by atoms with Crippen LogP contribution < -0.4 is 5.32 Å². The molecule has 94 valence electrons. The van der Waals surface area contributed by atoms with Gasteiger partial charge >= 0.3 is 0 Å². The summed E-state index contributed by atoms with van der Waals surface area (Å²) >= 11 is 0. The van der Waals surface area contributed by atoms with Crippen LogP contribution in [0, 0.1) is 5.92 Å². The van der Waals surface area contributed by atoms with Crippen LogP contribution in [0.3, 0.4) is 0 Å². The largest absolute Gasteiger partial charge is 0.361 e. The lowest BCUT2D eigenvalue weighted by Gasteiger charge is -2.39. The summed E-state index contributed by atoms with van der Waals surface area (Å²) in [7, 11) is 0. The summed E-state index contributed by atoms with van der Waals surface area (Å²) < 4.78 is 5.93. The molecule has 0 bridgehead atoms. The van der Waals surface area contributed by atoms with Gasteiger partial charge in [-0.3, -0.25) is 5.32 Å². The highest BCUT2D eigenvalue weighted by Gasteiger charge is 2.30. The smallest absolute Gasteiger partial charge is 0.117 e. The lowest BCUT2D eigenvalue weighted by atomic mass is 10.0. The zero-order valence-electron chi connectivity index (χ0n) is 10.8. The van der Waals surface area contributed by atoms with E-state index in [4.69, 9.17) is 4.74 Å². The van der Waals surface area contributed by atoms with Crippen LogP contribution in [0.5, 0.6) is 0 Å². The first-order valence-corrected chi connectivity index (χ1v) is 6.79. The molecule has 0 spiro atoms. The molecule has 0 aromatic rings. The van der Waals surface area contributed by atoms with Crippen LogP contribution in [-0.4, -0.2) is 43.4 Å². The Bertz CT molecular complexity index is 206. The predicted molar refractivity (Wildman–Crippen MR) is 66.4 cm³/mol. The van der Waals surface area contributed by atoms with E-state index in [-0.39, 0.29) is 5.72 Å². The summed E-state index contributed by atoms with van der Waals surface area (Å²) in [4.78, 5) is 2.58. The minimum atomic E-state index is -0.0794. The van der Waals surface area contributed by atoms with Crippen LogP contribution in [0.15, 0.2) is 0 Å². The Balaban J connectivity index is 1.71. The maximum Gasteiger partial charge on any atom is 0.117 e. The molecular formula is C13H26N2O. The van der Waals surface area contributed by atoms with Gasteiger partial charge in [-0.25, -0.2) is 0 Å². The van der Waals surface area contributed by atoms with Crippen molar-refractivity contribution in [2.75, 3.05) is 32.8 Å². The molecule has 0 aromatic heterocycles. The van der Waals surface area contributed by atoms with E-state index in [9.17, 15) is 0 Å². The summed E-state index contributed by atoms with van der Waals surface area (Å²) in [6, 6.07) is 0. The number of hydrogen-bond acceptors (Lipinski definition) is 3. The number of nitrogens with zero attached hydrogens (tertiary/aromatic N) is 1. The molecule has 0 saturated carbocycles. The summed E-state index contributed by atoms with van der Waals surface area (Å²) in [6.07, 6.45) is 5.28. The zero-order valence-corrected chi connectivity index (χ0v) is 10.8. The number of hydrogen-bond donors (Lipinski definition) is 1. The monoisotopic (exact) mass is 226 g/mol. The second-order valence-electron chi connectivity index (χ2n) is 5.68. The maximum absolute atomic E-state index is 5.93. The van der Waals surface area contributed by atoms with E-state index in [1.54, 1.807) is 0 Å². The van der Waals surface area contributed by atoms with Gasteiger partial charge in [-0.15, -0.1) is 0 Å². The number of ether oxygens (including phenoxy) is 1. The molecular weight excluding hydrogens is 200 g/mol. The van der Waals surface area contributed by atoms with E-state index < -0.39 is 0 Å². The third-order valence-corrected chi connectivity index (χ3v) is 3.86. The fraction of sp³-hybridized carbons (Fsp3) is 1.00. The SMILES string of the molecule is CC1CNC(C)(CCN2CCCCC2)OC1. The van der Waals surface area contributed by atoms with Crippen molar-refractivity contribution in [3.8, 4) is 0 Å². The number of nitrogens with one attached hydrogen (secondary N) is 1. The van der Waals surface area contributed by atoms with E-state index in [0.717, 1.165) is 19.6 Å². The molecule has 2 fully saturated rings.